The first-order valence-electron chi connectivity index (χ1n) is 1.66. The van der Waals surface area contributed by atoms with Gasteiger partial charge in [0.05, 0.1) is 0 Å². The van der Waals surface area contributed by atoms with Gasteiger partial charge in [-0.15, -0.1) is 5.43 Å². The molecular formula is C2H7N3O2. The summed E-state index contributed by atoms with van der Waals surface area (Å²) in [5, 5.41) is 12.2. The number of quaternary nitrogens is 1. The van der Waals surface area contributed by atoms with E-state index in [0.717, 1.165) is 0 Å². The summed E-state index contributed by atoms with van der Waals surface area (Å²) in [5.74, 6) is 0. The second kappa shape index (κ2) is 3.54. The quantitative estimate of drug-likeness (QED) is 0.324. The van der Waals surface area contributed by atoms with Crippen molar-refractivity contribution in [1.29, 1.82) is 0 Å². The molecule has 0 spiro atoms. The molecule has 0 saturated carbocycles. The fourth-order valence-corrected chi connectivity index (χ4v) is 0.104. The smallest absolute Gasteiger partial charge is 0.0379 e. The van der Waals surface area contributed by atoms with Gasteiger partial charge in [-0.05, 0) is 5.16 Å². The summed E-state index contributed by atoms with van der Waals surface area (Å²) >= 11 is 0. The Morgan fingerprint density at radius 1 is 2.00 bits per heavy atom. The van der Waals surface area contributed by atoms with E-state index in [-0.39, 0.29) is 0 Å². The fourth-order valence-electron chi connectivity index (χ4n) is 0.104. The Morgan fingerprint density at radius 3 is 2.71 bits per heavy atom. The van der Waals surface area contributed by atoms with Gasteiger partial charge in [0, 0.05) is 13.8 Å². The van der Waals surface area contributed by atoms with Crippen LogP contribution in [0.4, 0.5) is 0 Å². The molecule has 0 aliphatic rings. The first kappa shape index (κ1) is 6.35. The number of oxime groups is 1. The average Bonchev–Trinajstić information content (AvgIpc) is 1.68. The van der Waals surface area contributed by atoms with Crippen LogP contribution >= 0.6 is 0 Å². The van der Waals surface area contributed by atoms with E-state index in [1.165, 1.54) is 7.05 Å². The van der Waals surface area contributed by atoms with Gasteiger partial charge in [0.2, 0.25) is 0 Å². The maximum absolute atomic E-state index is 9.94. The monoisotopic (exact) mass is 105 g/mol. The number of hydrogen-bond donors (Lipinski definition) is 2. The molecule has 1 unspecified atom stereocenters. The summed E-state index contributed by atoms with van der Waals surface area (Å²) in [7, 11) is 1.44. The molecule has 0 aliphatic heterocycles. The lowest BCUT2D eigenvalue weighted by Gasteiger charge is -2.11. The lowest BCUT2D eigenvalue weighted by molar-refractivity contribution is -1.09. The molecule has 2 N–H and O–H groups in total. The van der Waals surface area contributed by atoms with E-state index in [9.17, 15) is 5.21 Å². The molecule has 0 aromatic carbocycles. The van der Waals surface area contributed by atoms with E-state index in [1.807, 2.05) is 0 Å². The van der Waals surface area contributed by atoms with Crippen LogP contribution in [0.3, 0.4) is 0 Å². The summed E-state index contributed by atoms with van der Waals surface area (Å²) in [5.41, 5.74) is 2.17. The van der Waals surface area contributed by atoms with Crippen molar-refractivity contribution in [2.45, 2.75) is 0 Å². The zero-order chi connectivity index (χ0) is 5.70. The first-order valence-corrected chi connectivity index (χ1v) is 1.66. The van der Waals surface area contributed by atoms with Crippen LogP contribution in [0.15, 0.2) is 5.16 Å². The van der Waals surface area contributed by atoms with Gasteiger partial charge >= 0.3 is 0 Å². The lowest BCUT2D eigenvalue weighted by atomic mass is 11.5. The van der Waals surface area contributed by atoms with Gasteiger partial charge in [-0.2, -0.15) is 4.94 Å². The summed E-state index contributed by atoms with van der Waals surface area (Å²) in [6.45, 7) is 2.92. The van der Waals surface area contributed by atoms with Gasteiger partial charge in [0.25, 0.3) is 0 Å². The molecule has 0 aromatic rings. The summed E-state index contributed by atoms with van der Waals surface area (Å²) in [6, 6.07) is 0. The van der Waals surface area contributed by atoms with E-state index in [1.54, 1.807) is 0 Å². The number of hydrogen-bond acceptors (Lipinski definition) is 4. The van der Waals surface area contributed by atoms with Crippen LogP contribution in [-0.2, 0) is 4.94 Å². The second-order valence-electron chi connectivity index (χ2n) is 0.758. The Hall–Kier alpha value is -0.650. The lowest BCUT2D eigenvalue weighted by Crippen LogP contribution is -3.12. The normalized spacial score (nSPS) is 12.9. The minimum Gasteiger partial charge on any atom is -0.568 e. The molecular weight excluding hydrogens is 98.0 g/mol. The Labute approximate surface area is 41.0 Å². The predicted octanol–water partition coefficient (Wildman–Crippen LogP) is -1.95. The highest BCUT2D eigenvalue weighted by Gasteiger charge is 1.81. The molecule has 0 aromatic heterocycles. The molecule has 0 bridgehead atoms. The van der Waals surface area contributed by atoms with Crippen molar-refractivity contribution < 1.29 is 10.3 Å². The van der Waals surface area contributed by atoms with Gasteiger partial charge in [-0.3, -0.25) is 0 Å². The van der Waals surface area contributed by atoms with Gasteiger partial charge in [0.1, 0.15) is 0 Å². The molecule has 0 rings (SSSR count). The fraction of sp³-hybridized carbons (Fsp3) is 0.500. The Morgan fingerprint density at radius 2 is 2.57 bits per heavy atom. The number of rotatable bonds is 3. The van der Waals surface area contributed by atoms with Crippen molar-refractivity contribution >= 4 is 6.72 Å². The molecule has 5 nitrogen and oxygen atoms in total. The van der Waals surface area contributed by atoms with Crippen molar-refractivity contribution in [2.75, 3.05) is 7.05 Å². The highest BCUT2D eigenvalue weighted by atomic mass is 17.0. The third-order valence-corrected chi connectivity index (χ3v) is 0.352. The van der Waals surface area contributed by atoms with E-state index in [0.29, 0.717) is 0 Å². The van der Waals surface area contributed by atoms with Gasteiger partial charge < -0.3 is 5.21 Å². The molecule has 1 atom stereocenters. The molecule has 5 heteroatoms. The molecule has 0 aliphatic carbocycles. The molecule has 0 fully saturated rings. The predicted molar refractivity (Wildman–Crippen MR) is 24.0 cm³/mol. The van der Waals surface area contributed by atoms with E-state index < -0.39 is 5.34 Å². The number of nitrogens with zero attached hydrogens (tertiary/aromatic N) is 1. The highest BCUT2D eigenvalue weighted by molar-refractivity contribution is 5.21. The average molecular weight is 105 g/mol. The van der Waals surface area contributed by atoms with E-state index in [4.69, 9.17) is 0 Å². The largest absolute Gasteiger partial charge is 0.568 e. The SMILES string of the molecule is C=NO[NH+]([O-])NC. The Kier molecular flexibility index (Phi) is 3.21. The Balaban J connectivity index is 2.98. The molecule has 0 radical (unpaired) electrons. The topological polar surface area (TPSA) is 61.1 Å². The maximum atomic E-state index is 9.94. The van der Waals surface area contributed by atoms with Crippen LogP contribution in [0.25, 0.3) is 0 Å². The number of nitrogens with one attached hydrogen (secondary N) is 2. The third-order valence-electron chi connectivity index (χ3n) is 0.352. The summed E-state index contributed by atoms with van der Waals surface area (Å²) in [6.07, 6.45) is 0. The van der Waals surface area contributed by atoms with Crippen molar-refractivity contribution in [3.8, 4) is 0 Å². The van der Waals surface area contributed by atoms with Crippen molar-refractivity contribution in [3.63, 3.8) is 0 Å². The summed E-state index contributed by atoms with van der Waals surface area (Å²) in [4.78, 5) is 3.95. The molecule has 0 amide bonds. The molecule has 0 heterocycles. The van der Waals surface area contributed by atoms with Crippen LogP contribution in [-0.4, -0.2) is 13.8 Å². The van der Waals surface area contributed by atoms with Crippen LogP contribution in [0.5, 0.6) is 0 Å². The van der Waals surface area contributed by atoms with E-state index in [2.05, 4.69) is 22.2 Å². The van der Waals surface area contributed by atoms with Gasteiger partial charge in [-0.25, -0.2) is 0 Å². The minimum atomic E-state index is -0.602. The zero-order valence-corrected chi connectivity index (χ0v) is 3.97. The van der Waals surface area contributed by atoms with Crippen molar-refractivity contribution in [1.82, 2.24) is 5.43 Å². The molecule has 7 heavy (non-hydrogen) atoms. The van der Waals surface area contributed by atoms with Gasteiger partial charge in [0.15, 0.2) is 0 Å². The van der Waals surface area contributed by atoms with Crippen LogP contribution in [0.2, 0.25) is 0 Å². The minimum absolute atomic E-state index is 0.602. The zero-order valence-electron chi connectivity index (χ0n) is 3.97. The highest BCUT2D eigenvalue weighted by Crippen LogP contribution is 1.45. The second-order valence-corrected chi connectivity index (χ2v) is 0.758. The standard InChI is InChI=1S/C2H7N3O2/c1-3-5(6)7-4-2/h3,5H,2H2,1H3. The van der Waals surface area contributed by atoms with E-state index >= 15 is 0 Å². The van der Waals surface area contributed by atoms with Crippen molar-refractivity contribution in [3.05, 3.63) is 5.21 Å². The maximum Gasteiger partial charge on any atom is 0.0379 e. The molecule has 42 valence electrons. The Bertz CT molecular complexity index is 56.9. The van der Waals surface area contributed by atoms with Gasteiger partial charge in [-0.1, -0.05) is 5.34 Å². The first-order chi connectivity index (χ1) is 3.31. The van der Waals surface area contributed by atoms with Crippen molar-refractivity contribution in [2.24, 2.45) is 5.16 Å². The third kappa shape index (κ3) is 3.17. The van der Waals surface area contributed by atoms with Crippen LogP contribution in [0.1, 0.15) is 0 Å². The summed E-state index contributed by atoms with van der Waals surface area (Å²) < 4.78 is 0. The van der Waals surface area contributed by atoms with Crippen LogP contribution < -0.4 is 10.8 Å². The van der Waals surface area contributed by atoms with Crippen LogP contribution in [0, 0.1) is 5.21 Å². The molecule has 0 saturated heterocycles.